The van der Waals surface area contributed by atoms with E-state index in [0.29, 0.717) is 11.5 Å². The van der Waals surface area contributed by atoms with Crippen LogP contribution in [0.2, 0.25) is 0 Å². The van der Waals surface area contributed by atoms with Crippen molar-refractivity contribution in [3.63, 3.8) is 0 Å². The van der Waals surface area contributed by atoms with Gasteiger partial charge in [-0.1, -0.05) is 0 Å². The quantitative estimate of drug-likeness (QED) is 0.781. The van der Waals surface area contributed by atoms with Crippen molar-refractivity contribution in [3.05, 3.63) is 23.8 Å². The minimum Gasteiger partial charge on any atom is -0.147 e. The Morgan fingerprint density at radius 3 is 2.00 bits per heavy atom. The van der Waals surface area contributed by atoms with Crippen LogP contribution in [0.1, 0.15) is 26.3 Å². The first-order chi connectivity index (χ1) is 6.97. The van der Waals surface area contributed by atoms with Gasteiger partial charge in [0.2, 0.25) is 0 Å². The maximum Gasteiger partial charge on any atom is -0.147 e. The average Bonchev–Trinajstić information content (AvgIpc) is 2.16. The van der Waals surface area contributed by atoms with E-state index < -0.39 is 20.1 Å². The van der Waals surface area contributed by atoms with Gasteiger partial charge in [0.05, 0.1) is 0 Å². The summed E-state index contributed by atoms with van der Waals surface area (Å²) in [7, 11) is 1.59. The predicted octanol–water partition coefficient (Wildman–Crippen LogP) is 4.10. The molecule has 6 heteroatoms. The van der Waals surface area contributed by atoms with Gasteiger partial charge in [-0.3, -0.25) is 0 Å². The van der Waals surface area contributed by atoms with Gasteiger partial charge in [0.25, 0.3) is 0 Å². The molecule has 0 unspecified atom stereocenters. The SMILES string of the molecule is COc1cc([O][Ti][F])cc(C(C)(C)C)c1.Cl.Cl. The fourth-order valence-corrected chi connectivity index (χ4v) is 1.55. The second-order valence-electron chi connectivity index (χ2n) is 4.33. The van der Waals surface area contributed by atoms with E-state index in [2.05, 4.69) is 20.8 Å². The van der Waals surface area contributed by atoms with E-state index in [9.17, 15) is 3.09 Å². The Bertz CT molecular complexity index is 343. The van der Waals surface area contributed by atoms with Gasteiger partial charge in [0, 0.05) is 0 Å². The Morgan fingerprint density at radius 1 is 1.06 bits per heavy atom. The van der Waals surface area contributed by atoms with Gasteiger partial charge >= 0.3 is 99.8 Å². The van der Waals surface area contributed by atoms with E-state index in [4.69, 9.17) is 8.06 Å². The van der Waals surface area contributed by atoms with Gasteiger partial charge in [0.15, 0.2) is 0 Å². The third-order valence-corrected chi connectivity index (χ3v) is 2.63. The summed E-state index contributed by atoms with van der Waals surface area (Å²) in [6.45, 7) is 6.28. The van der Waals surface area contributed by atoms with Crippen LogP contribution < -0.4 is 8.06 Å². The number of halogens is 3. The molecule has 0 bridgehead atoms. The fourth-order valence-electron chi connectivity index (χ4n) is 1.23. The number of hydrogen-bond donors (Lipinski definition) is 0. The van der Waals surface area contributed by atoms with Crippen LogP contribution in [-0.2, 0) is 25.5 Å². The van der Waals surface area contributed by atoms with E-state index in [0.717, 1.165) is 5.56 Å². The van der Waals surface area contributed by atoms with Crippen molar-refractivity contribution >= 4 is 24.8 Å². The molecule has 0 atom stereocenters. The zero-order chi connectivity index (χ0) is 11.5. The van der Waals surface area contributed by atoms with Crippen LogP contribution in [0.5, 0.6) is 11.5 Å². The van der Waals surface area contributed by atoms with E-state index in [1.807, 2.05) is 12.1 Å². The molecule has 0 amide bonds. The predicted molar refractivity (Wildman–Crippen MR) is 67.9 cm³/mol. The summed E-state index contributed by atoms with van der Waals surface area (Å²) < 4.78 is 22.3. The van der Waals surface area contributed by atoms with Gasteiger partial charge in [-0.05, 0) is 0 Å². The number of benzene rings is 1. The van der Waals surface area contributed by atoms with Crippen molar-refractivity contribution in [2.75, 3.05) is 7.11 Å². The molecule has 1 rings (SSSR count). The molecule has 0 aliphatic heterocycles. The largest absolute Gasteiger partial charge is 0.147 e. The summed E-state index contributed by atoms with van der Waals surface area (Å²) in [5.74, 6) is 1.26. The molecule has 17 heavy (non-hydrogen) atoms. The number of ether oxygens (including phenoxy) is 1. The second kappa shape index (κ2) is 8.20. The summed E-state index contributed by atoms with van der Waals surface area (Å²) in [4.78, 5) is 0. The van der Waals surface area contributed by atoms with Crippen molar-refractivity contribution < 1.29 is 31.2 Å². The van der Waals surface area contributed by atoms with Gasteiger partial charge in [-0.2, -0.15) is 0 Å². The molecular formula is C11H17Cl2FO2Ti. The molecule has 0 saturated carbocycles. The second-order valence-corrected chi connectivity index (χ2v) is 4.89. The molecule has 0 heterocycles. The number of hydrogen-bond acceptors (Lipinski definition) is 2. The third-order valence-electron chi connectivity index (χ3n) is 2.14. The fraction of sp³-hybridized carbons (Fsp3) is 0.455. The molecule has 0 saturated heterocycles. The van der Waals surface area contributed by atoms with E-state index in [1.165, 1.54) is 0 Å². The van der Waals surface area contributed by atoms with Crippen molar-refractivity contribution in [3.8, 4) is 11.5 Å². The van der Waals surface area contributed by atoms with Crippen LogP contribution in [0.25, 0.3) is 0 Å². The maximum atomic E-state index is 12.2. The van der Waals surface area contributed by atoms with Crippen LogP contribution in [0.15, 0.2) is 18.2 Å². The number of rotatable bonds is 3. The first-order valence-corrected chi connectivity index (χ1v) is 5.92. The maximum absolute atomic E-state index is 12.2. The Labute approximate surface area is 124 Å². The van der Waals surface area contributed by atoms with Crippen LogP contribution in [0.3, 0.4) is 0 Å². The number of methoxy groups -OCH3 is 1. The standard InChI is InChI=1S/C11H16O2.2ClH.FH.Ti/c1-11(2,3)8-5-9(12)7-10(6-8)13-4;;;;/h5-7,12H,1-4H3;3*1H;/q;;;;+2/p-2. The molecule has 98 valence electrons. The van der Waals surface area contributed by atoms with Crippen molar-refractivity contribution in [2.45, 2.75) is 26.2 Å². The van der Waals surface area contributed by atoms with Gasteiger partial charge in [-0.15, -0.1) is 24.8 Å². The zero-order valence-electron chi connectivity index (χ0n) is 10.2. The van der Waals surface area contributed by atoms with Crippen molar-refractivity contribution in [1.82, 2.24) is 0 Å². The minimum atomic E-state index is -1.81. The van der Waals surface area contributed by atoms with E-state index in [1.54, 1.807) is 13.2 Å². The monoisotopic (exact) mass is 318 g/mol. The average molecular weight is 319 g/mol. The van der Waals surface area contributed by atoms with E-state index in [-0.39, 0.29) is 30.2 Å². The normalized spacial score (nSPS) is 9.71. The Hall–Kier alpha value is 0.0443. The molecule has 0 spiro atoms. The molecule has 0 fully saturated rings. The third kappa shape index (κ3) is 5.96. The summed E-state index contributed by atoms with van der Waals surface area (Å²) in [5, 5.41) is 0. The smallest absolute Gasteiger partial charge is 0.147 e. The molecule has 0 aliphatic rings. The summed E-state index contributed by atoms with van der Waals surface area (Å²) >= 11 is -1.81. The summed E-state index contributed by atoms with van der Waals surface area (Å²) in [6, 6.07) is 5.52. The van der Waals surface area contributed by atoms with Crippen LogP contribution in [0.4, 0.5) is 3.09 Å². The molecular weight excluding hydrogens is 302 g/mol. The Balaban J connectivity index is 0. The molecule has 2 nitrogen and oxygen atoms in total. The Morgan fingerprint density at radius 2 is 1.59 bits per heavy atom. The van der Waals surface area contributed by atoms with Crippen LogP contribution in [0, 0.1) is 0 Å². The van der Waals surface area contributed by atoms with Gasteiger partial charge in [0.1, 0.15) is 0 Å². The molecule has 1 aromatic carbocycles. The summed E-state index contributed by atoms with van der Waals surface area (Å²) in [5.41, 5.74) is 1.08. The van der Waals surface area contributed by atoms with Gasteiger partial charge < -0.3 is 0 Å². The topological polar surface area (TPSA) is 18.5 Å². The van der Waals surface area contributed by atoms with Gasteiger partial charge in [-0.25, -0.2) is 0 Å². The Kier molecular flexibility index (Phi) is 9.35. The molecule has 1 aromatic rings. The van der Waals surface area contributed by atoms with Crippen LogP contribution in [-0.4, -0.2) is 7.11 Å². The van der Waals surface area contributed by atoms with Crippen LogP contribution >= 0.6 is 24.8 Å². The first kappa shape index (κ1) is 19.4. The van der Waals surface area contributed by atoms with E-state index >= 15 is 0 Å². The zero-order valence-corrected chi connectivity index (χ0v) is 13.4. The molecule has 0 aromatic heterocycles. The molecule has 0 N–H and O–H groups in total. The molecule has 0 radical (unpaired) electrons. The first-order valence-electron chi connectivity index (χ1n) is 4.69. The van der Waals surface area contributed by atoms with Crippen molar-refractivity contribution in [2.24, 2.45) is 0 Å². The van der Waals surface area contributed by atoms with Crippen molar-refractivity contribution in [1.29, 1.82) is 0 Å². The molecule has 0 aliphatic carbocycles. The summed E-state index contributed by atoms with van der Waals surface area (Å²) in [6.07, 6.45) is 0. The minimum absolute atomic E-state index is 0.